The molecule has 0 aromatic carbocycles. The Morgan fingerprint density at radius 2 is 1.34 bits per heavy atom. The van der Waals surface area contributed by atoms with E-state index in [0.29, 0.717) is 58.2 Å². The van der Waals surface area contributed by atoms with E-state index in [1.54, 1.807) is 27.7 Å². The first kappa shape index (κ1) is 37.3. The minimum atomic E-state index is -1.80. The lowest BCUT2D eigenvalue weighted by atomic mass is 10.2. The van der Waals surface area contributed by atoms with Gasteiger partial charge in [-0.25, -0.2) is 14.4 Å². The van der Waals surface area contributed by atoms with Crippen molar-refractivity contribution < 1.29 is 44.0 Å². The van der Waals surface area contributed by atoms with Crippen molar-refractivity contribution in [3.63, 3.8) is 0 Å². The molecule has 0 rings (SSSR count). The summed E-state index contributed by atoms with van der Waals surface area (Å²) in [6.45, 7) is 8.96. The average molecular weight is 590 g/mol. The van der Waals surface area contributed by atoms with Gasteiger partial charge < -0.3 is 41.3 Å². The van der Waals surface area contributed by atoms with Crippen LogP contribution in [0, 0.1) is 0 Å². The lowest BCUT2D eigenvalue weighted by Gasteiger charge is -2.20. The van der Waals surface area contributed by atoms with Crippen LogP contribution in [0.25, 0.3) is 0 Å². The highest BCUT2D eigenvalue weighted by Crippen LogP contribution is 2.06. The third-order valence-electron chi connectivity index (χ3n) is 5.20. The number of alkyl carbamates (subject to hydrolysis) is 1. The van der Waals surface area contributed by atoms with Gasteiger partial charge in [-0.2, -0.15) is 0 Å². The average Bonchev–Trinajstić information content (AvgIpc) is 2.84. The summed E-state index contributed by atoms with van der Waals surface area (Å²) in [7, 11) is 0. The van der Waals surface area contributed by atoms with Gasteiger partial charge in [0.05, 0.1) is 0 Å². The fourth-order valence-corrected chi connectivity index (χ4v) is 3.23. The summed E-state index contributed by atoms with van der Waals surface area (Å²) in [6.07, 6.45) is -0.404. The molecule has 0 aromatic heterocycles. The molecule has 0 saturated heterocycles. The summed E-state index contributed by atoms with van der Waals surface area (Å²) >= 11 is 0. The molecular weight excluding hydrogens is 542 g/mol. The van der Waals surface area contributed by atoms with Crippen molar-refractivity contribution in [3.05, 3.63) is 0 Å². The second-order valence-electron chi connectivity index (χ2n) is 10.3. The maximum Gasteiger partial charge on any atom is 0.414 e. The van der Waals surface area contributed by atoms with Gasteiger partial charge in [-0.05, 0) is 72.9 Å². The number of carbonyl (C=O) groups is 5. The number of nitrogens with zero attached hydrogens (tertiary/aromatic N) is 1. The number of aliphatic hydroxyl groups is 1. The molecule has 0 radical (unpaired) electrons. The van der Waals surface area contributed by atoms with Crippen molar-refractivity contribution >= 4 is 36.1 Å². The number of hydrogen-bond donors (Lipinski definition) is 9. The standard InChI is InChI=1S/C25H47N7O9/c1-17(30-22(36)37)11-16-26-12-9-10-14-28-20(35)18(33)19(34)27-13-7-5-6-8-15-29-21(31-23(38)39)32-24(40)41-25(2,3)4/h17-18,26,30,33H,5-16H2,1-4H3,(H,27,34)(H,28,35)(H,36,37)(H,38,39)(H2,29,31,32,40). The first-order chi connectivity index (χ1) is 19.2. The fourth-order valence-electron chi connectivity index (χ4n) is 3.23. The molecule has 2 unspecified atom stereocenters. The van der Waals surface area contributed by atoms with Crippen LogP contribution in [0.15, 0.2) is 4.99 Å². The second kappa shape index (κ2) is 21.1. The van der Waals surface area contributed by atoms with Crippen LogP contribution in [0.3, 0.4) is 0 Å². The molecule has 0 saturated carbocycles. The van der Waals surface area contributed by atoms with E-state index in [9.17, 15) is 29.1 Å². The lowest BCUT2D eigenvalue weighted by molar-refractivity contribution is -0.141. The van der Waals surface area contributed by atoms with Gasteiger partial charge >= 0.3 is 18.3 Å². The molecule has 41 heavy (non-hydrogen) atoms. The highest BCUT2D eigenvalue weighted by molar-refractivity contribution is 6.03. The van der Waals surface area contributed by atoms with Crippen LogP contribution in [0.4, 0.5) is 14.4 Å². The third-order valence-corrected chi connectivity index (χ3v) is 5.20. The number of guanidine groups is 1. The largest absolute Gasteiger partial charge is 0.465 e. The van der Waals surface area contributed by atoms with E-state index in [-0.39, 0.29) is 25.1 Å². The first-order valence-corrected chi connectivity index (χ1v) is 13.7. The number of carboxylic acid groups (broad SMARTS) is 2. The Hall–Kier alpha value is -3.66. The van der Waals surface area contributed by atoms with Crippen LogP contribution in [0.1, 0.15) is 72.6 Å². The topological polar surface area (TPSA) is 240 Å². The van der Waals surface area contributed by atoms with Crippen LogP contribution in [-0.4, -0.2) is 102 Å². The summed E-state index contributed by atoms with van der Waals surface area (Å²) in [5.41, 5.74) is -0.753. The smallest absolute Gasteiger partial charge is 0.414 e. The molecule has 0 aromatic rings. The normalized spacial score (nSPS) is 13.0. The Kier molecular flexibility index (Phi) is 19.2. The first-order valence-electron chi connectivity index (χ1n) is 13.7. The number of amides is 5. The summed E-state index contributed by atoms with van der Waals surface area (Å²) in [5, 5.41) is 42.3. The zero-order valence-corrected chi connectivity index (χ0v) is 24.4. The molecule has 2 atom stereocenters. The van der Waals surface area contributed by atoms with Gasteiger partial charge in [-0.15, -0.1) is 0 Å². The second-order valence-corrected chi connectivity index (χ2v) is 10.3. The van der Waals surface area contributed by atoms with E-state index < -0.39 is 41.8 Å². The minimum Gasteiger partial charge on any atom is -0.465 e. The predicted octanol–water partition coefficient (Wildman–Crippen LogP) is 0.704. The SMILES string of the molecule is CC(CCNCCCCNC(=O)C(O)C(=O)NCCCCCCN=C(NC(=O)O)NC(=O)OC(C)(C)C)NC(=O)O. The number of nitrogens with one attached hydrogen (secondary N) is 6. The van der Waals surface area contributed by atoms with E-state index in [1.807, 2.05) is 5.32 Å². The number of unbranched alkanes of at least 4 members (excludes halogenated alkanes) is 4. The number of hydrogen-bond acceptors (Lipinski definition) is 9. The molecule has 236 valence electrons. The maximum absolute atomic E-state index is 12.0. The van der Waals surface area contributed by atoms with Crippen molar-refractivity contribution in [2.75, 3.05) is 32.7 Å². The molecule has 16 heteroatoms. The molecule has 0 heterocycles. The molecule has 16 nitrogen and oxygen atoms in total. The number of ether oxygens (including phenoxy) is 1. The molecule has 0 aliphatic carbocycles. The highest BCUT2D eigenvalue weighted by atomic mass is 16.6. The Labute approximate surface area is 240 Å². The Balaban J connectivity index is 3.99. The van der Waals surface area contributed by atoms with Crippen LogP contribution in [0.5, 0.6) is 0 Å². The number of aliphatic hydroxyl groups excluding tert-OH is 1. The Morgan fingerprint density at radius 3 is 1.90 bits per heavy atom. The zero-order valence-electron chi connectivity index (χ0n) is 24.4. The van der Waals surface area contributed by atoms with Gasteiger partial charge in [0.15, 0.2) is 0 Å². The molecule has 0 bridgehead atoms. The van der Waals surface area contributed by atoms with Gasteiger partial charge in [0.2, 0.25) is 12.1 Å². The van der Waals surface area contributed by atoms with E-state index in [4.69, 9.17) is 14.9 Å². The Morgan fingerprint density at radius 1 is 0.780 bits per heavy atom. The van der Waals surface area contributed by atoms with Crippen molar-refractivity contribution in [2.24, 2.45) is 4.99 Å². The van der Waals surface area contributed by atoms with Crippen LogP contribution in [0.2, 0.25) is 0 Å². The van der Waals surface area contributed by atoms with E-state index in [1.165, 1.54) is 0 Å². The molecule has 0 aliphatic heterocycles. The maximum atomic E-state index is 12.0. The molecular formula is C25H47N7O9. The van der Waals surface area contributed by atoms with E-state index in [0.717, 1.165) is 6.42 Å². The van der Waals surface area contributed by atoms with Gasteiger partial charge in [-0.1, -0.05) is 12.8 Å². The zero-order chi connectivity index (χ0) is 31.3. The van der Waals surface area contributed by atoms with Crippen LogP contribution >= 0.6 is 0 Å². The summed E-state index contributed by atoms with van der Waals surface area (Å²) in [5.74, 6) is -1.79. The number of carbonyl (C=O) groups excluding carboxylic acids is 3. The van der Waals surface area contributed by atoms with Crippen molar-refractivity contribution in [2.45, 2.75) is 90.4 Å². The van der Waals surface area contributed by atoms with Crippen molar-refractivity contribution in [3.8, 4) is 0 Å². The van der Waals surface area contributed by atoms with E-state index in [2.05, 4.69) is 31.6 Å². The monoisotopic (exact) mass is 589 g/mol. The third kappa shape index (κ3) is 22.8. The van der Waals surface area contributed by atoms with Crippen LogP contribution in [-0.2, 0) is 14.3 Å². The van der Waals surface area contributed by atoms with Crippen LogP contribution < -0.4 is 31.9 Å². The van der Waals surface area contributed by atoms with Gasteiger partial charge in [0.25, 0.3) is 11.8 Å². The summed E-state index contributed by atoms with van der Waals surface area (Å²) in [6, 6.07) is -0.147. The quantitative estimate of drug-likeness (QED) is 0.0469. The molecule has 0 fully saturated rings. The predicted molar refractivity (Wildman–Crippen MR) is 151 cm³/mol. The minimum absolute atomic E-state index is 0.147. The van der Waals surface area contributed by atoms with Gasteiger partial charge in [0, 0.05) is 25.7 Å². The molecule has 0 aliphatic rings. The summed E-state index contributed by atoms with van der Waals surface area (Å²) < 4.78 is 5.07. The molecule has 5 amide bonds. The molecule has 9 N–H and O–H groups in total. The summed E-state index contributed by atoms with van der Waals surface area (Å²) in [4.78, 5) is 61.2. The lowest BCUT2D eigenvalue weighted by Crippen LogP contribution is -2.46. The number of aliphatic imine (C=N–C) groups is 1. The molecule has 0 spiro atoms. The Bertz CT molecular complexity index is 863. The van der Waals surface area contributed by atoms with Crippen molar-refractivity contribution in [1.29, 1.82) is 0 Å². The van der Waals surface area contributed by atoms with Gasteiger partial charge in [0.1, 0.15) is 5.60 Å². The van der Waals surface area contributed by atoms with Crippen molar-refractivity contribution in [1.82, 2.24) is 31.9 Å². The number of rotatable bonds is 18. The highest BCUT2D eigenvalue weighted by Gasteiger charge is 2.22. The van der Waals surface area contributed by atoms with E-state index >= 15 is 0 Å². The fraction of sp³-hybridized carbons (Fsp3) is 0.760. The van der Waals surface area contributed by atoms with Gasteiger partial charge in [-0.3, -0.25) is 25.2 Å².